The van der Waals surface area contributed by atoms with E-state index in [1.807, 2.05) is 41.9 Å². The van der Waals surface area contributed by atoms with Crippen LogP contribution < -0.4 is 10.6 Å². The van der Waals surface area contributed by atoms with E-state index in [0.29, 0.717) is 24.5 Å². The summed E-state index contributed by atoms with van der Waals surface area (Å²) in [5.41, 5.74) is 2.48. The molecule has 28 heavy (non-hydrogen) atoms. The zero-order chi connectivity index (χ0) is 19.5. The summed E-state index contributed by atoms with van der Waals surface area (Å²) in [6, 6.07) is 10.7. The predicted octanol–water partition coefficient (Wildman–Crippen LogP) is 2.25. The third kappa shape index (κ3) is 3.83. The van der Waals surface area contributed by atoms with Gasteiger partial charge in [-0.1, -0.05) is 30.3 Å². The van der Waals surface area contributed by atoms with Crippen molar-refractivity contribution >= 4 is 22.8 Å². The summed E-state index contributed by atoms with van der Waals surface area (Å²) in [5.74, 6) is 0.427. The lowest BCUT2D eigenvalue weighted by molar-refractivity contribution is 0.0283. The topological polar surface area (TPSA) is 101 Å². The van der Waals surface area contributed by atoms with Crippen LogP contribution in [0.15, 0.2) is 42.6 Å². The normalized spacial score (nSPS) is 20.7. The number of aliphatic hydroxyl groups is 1. The molecule has 0 aliphatic carbocycles. The van der Waals surface area contributed by atoms with Crippen LogP contribution in [-0.2, 0) is 17.7 Å². The highest BCUT2D eigenvalue weighted by Gasteiger charge is 2.20. The van der Waals surface area contributed by atoms with E-state index in [2.05, 4.69) is 20.7 Å². The number of aliphatic hydroxyl groups excluding tert-OH is 1. The van der Waals surface area contributed by atoms with Crippen molar-refractivity contribution in [2.24, 2.45) is 0 Å². The second-order valence-corrected chi connectivity index (χ2v) is 6.81. The first kappa shape index (κ1) is 18.4. The van der Waals surface area contributed by atoms with Crippen molar-refractivity contribution in [2.45, 2.75) is 32.0 Å². The molecule has 2 atom stereocenters. The van der Waals surface area contributed by atoms with Gasteiger partial charge in [-0.2, -0.15) is 5.10 Å². The highest BCUT2D eigenvalue weighted by Crippen LogP contribution is 2.23. The first-order valence-electron chi connectivity index (χ1n) is 9.37. The van der Waals surface area contributed by atoms with E-state index in [4.69, 9.17) is 4.74 Å². The Morgan fingerprint density at radius 3 is 2.89 bits per heavy atom. The molecule has 1 aliphatic heterocycles. The molecule has 3 N–H and O–H groups in total. The summed E-state index contributed by atoms with van der Waals surface area (Å²) in [4.78, 5) is 17.1. The quantitative estimate of drug-likeness (QED) is 0.632. The van der Waals surface area contributed by atoms with Crippen molar-refractivity contribution in [1.82, 2.24) is 20.1 Å². The fourth-order valence-corrected chi connectivity index (χ4v) is 3.47. The number of anilines is 1. The van der Waals surface area contributed by atoms with Gasteiger partial charge in [0, 0.05) is 18.4 Å². The van der Waals surface area contributed by atoms with Crippen LogP contribution in [0.5, 0.6) is 0 Å². The Balaban J connectivity index is 1.68. The van der Waals surface area contributed by atoms with E-state index >= 15 is 0 Å². The van der Waals surface area contributed by atoms with Crippen LogP contribution in [0.25, 0.3) is 10.9 Å². The number of aromatic nitrogens is 3. The molecule has 1 aromatic carbocycles. The number of fused-ring (bicyclic) bond motifs is 4. The van der Waals surface area contributed by atoms with E-state index in [0.717, 1.165) is 16.5 Å². The number of urea groups is 1. The molecule has 3 heterocycles. The van der Waals surface area contributed by atoms with Gasteiger partial charge in [0.1, 0.15) is 5.82 Å². The van der Waals surface area contributed by atoms with Gasteiger partial charge >= 0.3 is 6.03 Å². The van der Waals surface area contributed by atoms with Gasteiger partial charge in [-0.3, -0.25) is 10.00 Å². The van der Waals surface area contributed by atoms with Gasteiger partial charge in [-0.15, -0.1) is 0 Å². The molecule has 2 amide bonds. The molecule has 1 aliphatic rings. The molecule has 0 unspecified atom stereocenters. The molecule has 2 bridgehead atoms. The van der Waals surface area contributed by atoms with Gasteiger partial charge < -0.3 is 15.2 Å². The van der Waals surface area contributed by atoms with E-state index in [9.17, 15) is 9.90 Å². The van der Waals surface area contributed by atoms with Crippen molar-refractivity contribution in [3.8, 4) is 0 Å². The number of pyridine rings is 1. The lowest BCUT2D eigenvalue weighted by Gasteiger charge is -2.22. The van der Waals surface area contributed by atoms with Crippen LogP contribution in [0, 0.1) is 0 Å². The molecule has 8 nitrogen and oxygen atoms in total. The zero-order valence-corrected chi connectivity index (χ0v) is 15.6. The number of nitrogens with zero attached hydrogens (tertiary/aromatic N) is 3. The molecular formula is C20H23N5O3. The summed E-state index contributed by atoms with van der Waals surface area (Å²) in [5, 5.41) is 21.4. The minimum atomic E-state index is -0.710. The molecule has 3 aromatic rings. The summed E-state index contributed by atoms with van der Waals surface area (Å²) in [6.45, 7) is 3.10. The molecule has 8 heteroatoms. The number of benzene rings is 1. The van der Waals surface area contributed by atoms with E-state index < -0.39 is 6.10 Å². The van der Waals surface area contributed by atoms with Crippen LogP contribution in [0.4, 0.5) is 10.6 Å². The average Bonchev–Trinajstić information content (AvgIpc) is 3.10. The molecular weight excluding hydrogens is 358 g/mol. The number of carbonyl (C=O) groups excluding carboxylic acids is 1. The van der Waals surface area contributed by atoms with Gasteiger partial charge in [-0.25, -0.2) is 9.78 Å². The first-order chi connectivity index (χ1) is 13.6. The summed E-state index contributed by atoms with van der Waals surface area (Å²) in [6.07, 6.45) is 1.35. The Kier molecular flexibility index (Phi) is 5.23. The lowest BCUT2D eigenvalue weighted by Crippen LogP contribution is -2.36. The first-order valence-corrected chi connectivity index (χ1v) is 9.37. The maximum absolute atomic E-state index is 12.6. The molecule has 146 valence electrons. The molecule has 0 radical (unpaired) electrons. The third-order valence-electron chi connectivity index (χ3n) is 4.76. The van der Waals surface area contributed by atoms with Crippen LogP contribution >= 0.6 is 0 Å². The largest absolute Gasteiger partial charge is 0.390 e. The fraction of sp³-hybridized carbons (Fsp3) is 0.350. The number of ether oxygens (including phenoxy) is 1. The predicted molar refractivity (Wildman–Crippen MR) is 105 cm³/mol. The minimum absolute atomic E-state index is 0.153. The van der Waals surface area contributed by atoms with E-state index in [-0.39, 0.29) is 25.3 Å². The van der Waals surface area contributed by atoms with Crippen LogP contribution in [0.1, 0.15) is 24.2 Å². The lowest BCUT2D eigenvalue weighted by atomic mass is 10.1. The Labute approximate surface area is 162 Å². The Morgan fingerprint density at radius 2 is 2.11 bits per heavy atom. The van der Waals surface area contributed by atoms with Crippen LogP contribution in [0.3, 0.4) is 0 Å². The minimum Gasteiger partial charge on any atom is -0.390 e. The Morgan fingerprint density at radius 1 is 1.29 bits per heavy atom. The summed E-state index contributed by atoms with van der Waals surface area (Å²) < 4.78 is 7.55. The van der Waals surface area contributed by atoms with E-state index in [1.165, 1.54) is 0 Å². The number of rotatable bonds is 2. The molecule has 2 aromatic heterocycles. The summed E-state index contributed by atoms with van der Waals surface area (Å²) >= 11 is 0. The maximum atomic E-state index is 12.6. The fourth-order valence-electron chi connectivity index (χ4n) is 3.47. The van der Waals surface area contributed by atoms with Gasteiger partial charge in [0.2, 0.25) is 0 Å². The Hall–Kier alpha value is -2.97. The SMILES string of the molecule is CCn1ncc2cc3nc(c21)C[C@H](O)COC[C@H](c1ccccc1)NC(=O)N3. The monoisotopic (exact) mass is 381 g/mol. The van der Waals surface area contributed by atoms with Gasteiger partial charge in [0.15, 0.2) is 0 Å². The summed E-state index contributed by atoms with van der Waals surface area (Å²) in [7, 11) is 0. The smallest absolute Gasteiger partial charge is 0.320 e. The van der Waals surface area contributed by atoms with Crippen molar-refractivity contribution in [2.75, 3.05) is 18.5 Å². The number of aryl methyl sites for hydroxylation is 1. The second-order valence-electron chi connectivity index (χ2n) is 6.81. The van der Waals surface area contributed by atoms with Crippen molar-refractivity contribution in [3.05, 3.63) is 53.9 Å². The van der Waals surface area contributed by atoms with Gasteiger partial charge in [0.25, 0.3) is 0 Å². The molecule has 0 saturated heterocycles. The molecule has 0 saturated carbocycles. The van der Waals surface area contributed by atoms with Crippen LogP contribution in [0.2, 0.25) is 0 Å². The molecule has 0 fully saturated rings. The van der Waals surface area contributed by atoms with Gasteiger partial charge in [0.05, 0.1) is 42.8 Å². The second kappa shape index (κ2) is 7.95. The number of hydrogen-bond donors (Lipinski definition) is 3. The zero-order valence-electron chi connectivity index (χ0n) is 15.6. The van der Waals surface area contributed by atoms with Crippen molar-refractivity contribution < 1.29 is 14.6 Å². The van der Waals surface area contributed by atoms with E-state index in [1.54, 1.807) is 12.3 Å². The number of hydrogen-bond acceptors (Lipinski definition) is 5. The highest BCUT2D eigenvalue weighted by molar-refractivity contribution is 5.92. The van der Waals surface area contributed by atoms with Crippen molar-refractivity contribution in [3.63, 3.8) is 0 Å². The highest BCUT2D eigenvalue weighted by atomic mass is 16.5. The molecule has 0 spiro atoms. The van der Waals surface area contributed by atoms with Gasteiger partial charge in [-0.05, 0) is 18.6 Å². The Bertz CT molecular complexity index is 973. The third-order valence-corrected chi connectivity index (χ3v) is 4.76. The van der Waals surface area contributed by atoms with Crippen LogP contribution in [-0.4, -0.2) is 45.2 Å². The maximum Gasteiger partial charge on any atom is 0.320 e. The number of amides is 2. The number of carbonyl (C=O) groups is 1. The number of nitrogens with one attached hydrogen (secondary N) is 2. The average molecular weight is 381 g/mol. The van der Waals surface area contributed by atoms with Crippen molar-refractivity contribution in [1.29, 1.82) is 0 Å². The standard InChI is InChI=1S/C20H23N5O3/c1-2-25-19-14(10-21-25)8-18-22-16(19)9-15(26)11-28-12-17(23-20(27)24-18)13-6-4-3-5-7-13/h3-8,10,15,17,26H,2,9,11-12H2,1H3,(H2,22,23,24,27)/t15-,17+/m0/s1. The molecule has 4 rings (SSSR count).